The topological polar surface area (TPSA) is 66.9 Å². The fraction of sp³-hybridized carbons (Fsp3) is 0.0455. The van der Waals surface area contributed by atoms with Gasteiger partial charge in [-0.2, -0.15) is 0 Å². The summed E-state index contributed by atoms with van der Waals surface area (Å²) < 4.78 is 0. The Bertz CT molecular complexity index is 1160. The molecule has 0 radical (unpaired) electrons. The van der Waals surface area contributed by atoms with Crippen molar-refractivity contribution in [2.24, 2.45) is 0 Å². The predicted molar refractivity (Wildman–Crippen MR) is 113 cm³/mol. The van der Waals surface area contributed by atoms with Gasteiger partial charge in [-0.05, 0) is 43.3 Å². The zero-order valence-electron chi connectivity index (χ0n) is 15.1. The molecule has 0 aliphatic rings. The van der Waals surface area contributed by atoms with Crippen molar-refractivity contribution in [2.45, 2.75) is 6.92 Å². The first-order chi connectivity index (χ1) is 13.6. The molecular formula is C22H17ClN4O. The van der Waals surface area contributed by atoms with E-state index in [2.05, 4.69) is 20.6 Å². The highest BCUT2D eigenvalue weighted by molar-refractivity contribution is 6.33. The van der Waals surface area contributed by atoms with Crippen LogP contribution in [0.2, 0.25) is 5.02 Å². The number of para-hydroxylation sites is 2. The van der Waals surface area contributed by atoms with Gasteiger partial charge < -0.3 is 10.6 Å². The molecule has 4 rings (SSSR count). The number of rotatable bonds is 4. The number of carbonyl (C=O) groups is 1. The zero-order chi connectivity index (χ0) is 19.5. The van der Waals surface area contributed by atoms with Crippen molar-refractivity contribution in [3.8, 4) is 0 Å². The van der Waals surface area contributed by atoms with E-state index < -0.39 is 5.91 Å². The van der Waals surface area contributed by atoms with E-state index >= 15 is 0 Å². The number of hydrogen-bond acceptors (Lipinski definition) is 4. The molecule has 0 aliphatic heterocycles. The van der Waals surface area contributed by atoms with E-state index in [1.165, 1.54) is 0 Å². The first kappa shape index (κ1) is 17.9. The number of amides is 1. The first-order valence-corrected chi connectivity index (χ1v) is 9.14. The summed E-state index contributed by atoms with van der Waals surface area (Å²) in [5.41, 5.74) is 3.24. The van der Waals surface area contributed by atoms with Crippen LogP contribution < -0.4 is 10.6 Å². The van der Waals surface area contributed by atoms with Crippen molar-refractivity contribution >= 4 is 45.6 Å². The van der Waals surface area contributed by atoms with Crippen molar-refractivity contribution < 1.29 is 4.79 Å². The van der Waals surface area contributed by atoms with Gasteiger partial charge in [0.1, 0.15) is 5.82 Å². The molecule has 4 aromatic rings. The molecule has 2 N–H and O–H groups in total. The summed E-state index contributed by atoms with van der Waals surface area (Å²) in [6, 6.07) is 22.6. The summed E-state index contributed by atoms with van der Waals surface area (Å²) in [7, 11) is 0. The van der Waals surface area contributed by atoms with Crippen LogP contribution in [0.4, 0.5) is 17.2 Å². The largest absolute Gasteiger partial charge is 0.340 e. The van der Waals surface area contributed by atoms with Gasteiger partial charge in [0.05, 0.1) is 16.2 Å². The van der Waals surface area contributed by atoms with Gasteiger partial charge in [-0.15, -0.1) is 0 Å². The Balaban J connectivity index is 1.72. The van der Waals surface area contributed by atoms with Gasteiger partial charge >= 0.3 is 0 Å². The number of hydrogen-bond donors (Lipinski definition) is 2. The maximum absolute atomic E-state index is 12.7. The molecule has 0 unspecified atom stereocenters. The molecule has 138 valence electrons. The highest BCUT2D eigenvalue weighted by atomic mass is 35.5. The number of fused-ring (bicyclic) bond motifs is 1. The number of nitrogens with zero attached hydrogens (tertiary/aromatic N) is 2. The number of halogens is 1. The lowest BCUT2D eigenvalue weighted by Gasteiger charge is -2.12. The summed E-state index contributed by atoms with van der Waals surface area (Å²) >= 11 is 6.13. The molecule has 5 nitrogen and oxygen atoms in total. The molecule has 3 aromatic carbocycles. The first-order valence-electron chi connectivity index (χ1n) is 8.76. The van der Waals surface area contributed by atoms with Crippen LogP contribution in [0.5, 0.6) is 0 Å². The molecule has 1 heterocycles. The van der Waals surface area contributed by atoms with Crippen LogP contribution in [0, 0.1) is 6.92 Å². The third-order valence-electron chi connectivity index (χ3n) is 4.24. The van der Waals surface area contributed by atoms with Gasteiger partial charge in [-0.25, -0.2) is 9.97 Å². The Morgan fingerprint density at radius 1 is 0.893 bits per heavy atom. The Labute approximate surface area is 167 Å². The zero-order valence-corrected chi connectivity index (χ0v) is 15.9. The predicted octanol–water partition coefficient (Wildman–Crippen LogP) is 5.59. The molecule has 6 heteroatoms. The Morgan fingerprint density at radius 3 is 2.39 bits per heavy atom. The van der Waals surface area contributed by atoms with Gasteiger partial charge in [0, 0.05) is 11.1 Å². The minimum Gasteiger partial charge on any atom is -0.340 e. The molecule has 0 spiro atoms. The fourth-order valence-corrected chi connectivity index (χ4v) is 2.97. The number of aryl methyl sites for hydroxylation is 1. The van der Waals surface area contributed by atoms with Crippen LogP contribution in [0.1, 0.15) is 16.2 Å². The lowest BCUT2D eigenvalue weighted by molar-refractivity contribution is 0.101. The van der Waals surface area contributed by atoms with Crippen molar-refractivity contribution in [1.82, 2.24) is 9.97 Å². The summed E-state index contributed by atoms with van der Waals surface area (Å²) in [5, 5.41) is 7.34. The third kappa shape index (κ3) is 3.80. The van der Waals surface area contributed by atoms with Crippen molar-refractivity contribution in [2.75, 3.05) is 10.6 Å². The van der Waals surface area contributed by atoms with Gasteiger partial charge in [0.25, 0.3) is 5.91 Å². The smallest absolute Gasteiger partial charge is 0.293 e. The van der Waals surface area contributed by atoms with Crippen LogP contribution in [-0.4, -0.2) is 15.9 Å². The number of benzene rings is 3. The number of aromatic nitrogens is 2. The number of carbonyl (C=O) groups excluding carboxylic acids is 1. The van der Waals surface area contributed by atoms with E-state index in [4.69, 9.17) is 11.6 Å². The van der Waals surface area contributed by atoms with Crippen molar-refractivity contribution in [3.63, 3.8) is 0 Å². The second kappa shape index (κ2) is 7.66. The third-order valence-corrected chi connectivity index (χ3v) is 4.57. The molecule has 0 aliphatic carbocycles. The monoisotopic (exact) mass is 388 g/mol. The van der Waals surface area contributed by atoms with Gasteiger partial charge in [0.2, 0.25) is 5.82 Å². The normalized spacial score (nSPS) is 10.6. The molecule has 0 bridgehead atoms. The molecule has 0 saturated heterocycles. The maximum atomic E-state index is 12.7. The van der Waals surface area contributed by atoms with E-state index in [0.717, 1.165) is 16.6 Å². The highest BCUT2D eigenvalue weighted by Crippen LogP contribution is 2.25. The van der Waals surface area contributed by atoms with E-state index in [1.54, 1.807) is 24.3 Å². The standard InChI is InChI=1S/C22H17ClN4O/c1-14-10-12-15(13-11-14)24-20-16-6-2-4-8-18(16)25-21(27-20)22(28)26-19-9-5-3-7-17(19)23/h2-13H,1H3,(H,26,28)(H,24,25,27). The minimum absolute atomic E-state index is 0.0632. The molecule has 0 fully saturated rings. The van der Waals surface area contributed by atoms with Gasteiger partial charge in [0.15, 0.2) is 0 Å². The average Bonchev–Trinajstić information content (AvgIpc) is 2.71. The Morgan fingerprint density at radius 2 is 1.61 bits per heavy atom. The summed E-state index contributed by atoms with van der Waals surface area (Å²) in [6.45, 7) is 2.03. The summed E-state index contributed by atoms with van der Waals surface area (Å²) in [6.07, 6.45) is 0. The van der Waals surface area contributed by atoms with Gasteiger partial charge in [-0.1, -0.05) is 53.6 Å². The van der Waals surface area contributed by atoms with E-state index in [1.807, 2.05) is 55.5 Å². The van der Waals surface area contributed by atoms with Crippen LogP contribution in [0.15, 0.2) is 72.8 Å². The van der Waals surface area contributed by atoms with Crippen molar-refractivity contribution in [1.29, 1.82) is 0 Å². The van der Waals surface area contributed by atoms with Gasteiger partial charge in [-0.3, -0.25) is 4.79 Å². The maximum Gasteiger partial charge on any atom is 0.293 e. The van der Waals surface area contributed by atoms with E-state index in [9.17, 15) is 4.79 Å². The Kier molecular flexibility index (Phi) is 4.91. The minimum atomic E-state index is -0.425. The molecule has 28 heavy (non-hydrogen) atoms. The second-order valence-electron chi connectivity index (χ2n) is 6.34. The van der Waals surface area contributed by atoms with Crippen molar-refractivity contribution in [3.05, 3.63) is 89.2 Å². The molecule has 1 aromatic heterocycles. The number of nitrogens with one attached hydrogen (secondary N) is 2. The van der Waals surface area contributed by atoms with Crippen LogP contribution in [0.3, 0.4) is 0 Å². The second-order valence-corrected chi connectivity index (χ2v) is 6.75. The van der Waals surface area contributed by atoms with Crippen LogP contribution in [0.25, 0.3) is 10.9 Å². The molecule has 1 amide bonds. The summed E-state index contributed by atoms with van der Waals surface area (Å²) in [5.74, 6) is 0.206. The van der Waals surface area contributed by atoms with E-state index in [0.29, 0.717) is 22.0 Å². The van der Waals surface area contributed by atoms with E-state index in [-0.39, 0.29) is 5.82 Å². The Hall–Kier alpha value is -3.44. The molecule has 0 atom stereocenters. The fourth-order valence-electron chi connectivity index (χ4n) is 2.79. The highest BCUT2D eigenvalue weighted by Gasteiger charge is 2.15. The van der Waals surface area contributed by atoms with Crippen LogP contribution >= 0.6 is 11.6 Å². The lowest BCUT2D eigenvalue weighted by Crippen LogP contribution is -2.17. The summed E-state index contributed by atoms with van der Waals surface area (Å²) in [4.78, 5) is 21.6. The van der Waals surface area contributed by atoms with Crippen LogP contribution in [-0.2, 0) is 0 Å². The lowest BCUT2D eigenvalue weighted by atomic mass is 10.2. The number of anilines is 3. The molecular weight excluding hydrogens is 372 g/mol. The SMILES string of the molecule is Cc1ccc(Nc2nc(C(=O)Nc3ccccc3Cl)nc3ccccc23)cc1. The quantitative estimate of drug-likeness (QED) is 0.478. The average molecular weight is 389 g/mol. The molecule has 0 saturated carbocycles.